The standard InChI is InChI=1S/C42H40Cl6N8O2/c1-27-24-39(36-25-29(47)4-14-37(36)49-27)52-42(58)56(34-11-7-32(8-12-34)54(21-17-45)22-18-46)55(33-9-5-31(6-10-33)53(19-15-43)20-16-44)41(57)51-38-23-28(2)50-40-26-30(48)3-13-35(38)40/h3-14,23-26H,15-22H2,1-2H3,(H,49,52,58)(H,50,51,57). The molecule has 0 fully saturated rings. The van der Waals surface area contributed by atoms with Crippen LogP contribution in [0.15, 0.2) is 97.1 Å². The maximum absolute atomic E-state index is 15.0. The lowest BCUT2D eigenvalue weighted by molar-refractivity contribution is 0.248. The van der Waals surface area contributed by atoms with E-state index in [0.29, 0.717) is 116 Å². The van der Waals surface area contributed by atoms with Crippen molar-refractivity contribution in [2.75, 3.05) is 80.2 Å². The Balaban J connectivity index is 1.52. The minimum Gasteiger partial charge on any atom is -0.369 e. The van der Waals surface area contributed by atoms with Crippen molar-refractivity contribution in [2.24, 2.45) is 0 Å². The number of hydrazine groups is 1. The minimum atomic E-state index is -0.648. The molecule has 0 aliphatic carbocycles. The summed E-state index contributed by atoms with van der Waals surface area (Å²) in [6.45, 7) is 5.90. The molecule has 2 N–H and O–H groups in total. The van der Waals surface area contributed by atoms with E-state index in [1.165, 1.54) is 10.0 Å². The van der Waals surface area contributed by atoms with Crippen LogP contribution in [0.25, 0.3) is 21.8 Å². The first-order valence-electron chi connectivity index (χ1n) is 18.3. The van der Waals surface area contributed by atoms with Gasteiger partial charge in [0.15, 0.2) is 0 Å². The van der Waals surface area contributed by atoms with E-state index in [-0.39, 0.29) is 0 Å². The molecule has 0 bridgehead atoms. The molecule has 0 spiro atoms. The molecule has 0 saturated carbocycles. The van der Waals surface area contributed by atoms with Crippen LogP contribution < -0.4 is 30.5 Å². The van der Waals surface area contributed by atoms with Crippen LogP contribution in [0.3, 0.4) is 0 Å². The normalized spacial score (nSPS) is 11.1. The van der Waals surface area contributed by atoms with Crippen LogP contribution in [-0.2, 0) is 0 Å². The molecule has 0 aliphatic rings. The molecule has 4 amide bonds. The maximum Gasteiger partial charge on any atom is 0.345 e. The number of amides is 4. The van der Waals surface area contributed by atoms with Crippen LogP contribution >= 0.6 is 69.6 Å². The van der Waals surface area contributed by atoms with E-state index in [0.717, 1.165) is 11.4 Å². The fraction of sp³-hybridized carbons (Fsp3) is 0.238. The molecule has 6 rings (SSSR count). The van der Waals surface area contributed by atoms with Crippen molar-refractivity contribution >= 4 is 138 Å². The molecule has 10 nitrogen and oxygen atoms in total. The number of nitrogens with zero attached hydrogens (tertiary/aromatic N) is 6. The van der Waals surface area contributed by atoms with Gasteiger partial charge in [-0.05, 0) is 111 Å². The molecule has 58 heavy (non-hydrogen) atoms. The van der Waals surface area contributed by atoms with Gasteiger partial charge in [0.2, 0.25) is 0 Å². The summed E-state index contributed by atoms with van der Waals surface area (Å²) in [7, 11) is 0. The van der Waals surface area contributed by atoms with Crippen LogP contribution in [0.5, 0.6) is 0 Å². The molecule has 0 radical (unpaired) electrons. The number of aromatic nitrogens is 2. The predicted molar refractivity (Wildman–Crippen MR) is 246 cm³/mol. The highest BCUT2D eigenvalue weighted by Gasteiger charge is 2.31. The summed E-state index contributed by atoms with van der Waals surface area (Å²) in [5, 5.41) is 11.0. The molecule has 4 aromatic carbocycles. The highest BCUT2D eigenvalue weighted by atomic mass is 35.5. The Labute approximate surface area is 367 Å². The molecule has 0 unspecified atom stereocenters. The molecular weight excluding hydrogens is 861 g/mol. The molecule has 2 aromatic heterocycles. The minimum absolute atomic E-state index is 0.374. The Morgan fingerprint density at radius 1 is 0.500 bits per heavy atom. The van der Waals surface area contributed by atoms with Crippen LogP contribution in [0.1, 0.15) is 11.4 Å². The van der Waals surface area contributed by atoms with Crippen molar-refractivity contribution in [1.82, 2.24) is 9.97 Å². The predicted octanol–water partition coefficient (Wildman–Crippen LogP) is 12.0. The molecule has 16 heteroatoms. The number of urea groups is 2. The lowest BCUT2D eigenvalue weighted by Crippen LogP contribution is -2.54. The number of benzene rings is 4. The van der Waals surface area contributed by atoms with Crippen molar-refractivity contribution in [3.8, 4) is 0 Å². The van der Waals surface area contributed by atoms with E-state index < -0.39 is 12.1 Å². The van der Waals surface area contributed by atoms with E-state index in [4.69, 9.17) is 69.6 Å². The Bertz CT molecular complexity index is 2370. The van der Waals surface area contributed by atoms with Crippen LogP contribution in [0.4, 0.5) is 43.7 Å². The number of aryl methyl sites for hydroxylation is 2. The van der Waals surface area contributed by atoms with Gasteiger partial charge in [-0.1, -0.05) is 23.2 Å². The van der Waals surface area contributed by atoms with Crippen molar-refractivity contribution in [3.05, 3.63) is 118 Å². The number of carbonyl (C=O) groups is 2. The fourth-order valence-corrected chi connectivity index (χ4v) is 7.77. The van der Waals surface area contributed by atoms with Gasteiger partial charge >= 0.3 is 12.1 Å². The summed E-state index contributed by atoms with van der Waals surface area (Å²) in [6, 6.07) is 27.3. The average molecular weight is 902 g/mol. The molecule has 0 aliphatic heterocycles. The zero-order chi connectivity index (χ0) is 41.3. The molecule has 2 heterocycles. The first kappa shape index (κ1) is 43.2. The summed E-state index contributed by atoms with van der Waals surface area (Å²) in [5.74, 6) is 1.57. The SMILES string of the molecule is Cc1cc(NC(=O)N(c2ccc(N(CCCl)CCCl)cc2)N(C(=O)Nc2cc(C)nc3ccc(Cl)cc23)c2ccc(N(CCCl)CCCl)cc2)c2ccc(Cl)cc2n1. The lowest BCUT2D eigenvalue weighted by atomic mass is 10.1. The Morgan fingerprint density at radius 3 is 1.36 bits per heavy atom. The topological polar surface area (TPSA) is 96.9 Å². The van der Waals surface area contributed by atoms with Gasteiger partial charge < -0.3 is 20.4 Å². The lowest BCUT2D eigenvalue weighted by Gasteiger charge is -2.35. The van der Waals surface area contributed by atoms with Crippen LogP contribution in [0.2, 0.25) is 10.0 Å². The molecule has 0 atom stereocenters. The average Bonchev–Trinajstić information content (AvgIpc) is 3.20. The second-order valence-electron chi connectivity index (χ2n) is 13.2. The van der Waals surface area contributed by atoms with Gasteiger partial charge in [-0.15, -0.1) is 46.4 Å². The third kappa shape index (κ3) is 10.2. The highest BCUT2D eigenvalue weighted by molar-refractivity contribution is 6.32. The first-order valence-corrected chi connectivity index (χ1v) is 21.2. The van der Waals surface area contributed by atoms with Gasteiger partial charge in [0.1, 0.15) is 0 Å². The van der Waals surface area contributed by atoms with Gasteiger partial charge in [0, 0.05) is 93.3 Å². The fourth-order valence-electron chi connectivity index (χ4n) is 6.61. The van der Waals surface area contributed by atoms with Gasteiger partial charge in [-0.3, -0.25) is 9.97 Å². The largest absolute Gasteiger partial charge is 0.369 e. The quantitative estimate of drug-likeness (QED) is 0.0835. The number of halogens is 6. The van der Waals surface area contributed by atoms with Crippen LogP contribution in [-0.4, -0.2) is 71.7 Å². The molecule has 0 saturated heterocycles. The van der Waals surface area contributed by atoms with E-state index in [9.17, 15) is 0 Å². The summed E-state index contributed by atoms with van der Waals surface area (Å²) >= 11 is 37.3. The van der Waals surface area contributed by atoms with E-state index in [2.05, 4.69) is 20.6 Å². The molecule has 6 aromatic rings. The van der Waals surface area contributed by atoms with E-state index in [1.807, 2.05) is 47.9 Å². The third-order valence-corrected chi connectivity index (χ3v) is 10.3. The van der Waals surface area contributed by atoms with E-state index in [1.54, 1.807) is 72.8 Å². The summed E-state index contributed by atoms with van der Waals surface area (Å²) in [5.41, 5.74) is 5.91. The summed E-state index contributed by atoms with van der Waals surface area (Å²) in [4.78, 5) is 43.4. The second kappa shape index (κ2) is 20.0. The van der Waals surface area contributed by atoms with Gasteiger partial charge in [0.05, 0.1) is 33.8 Å². The first-order chi connectivity index (χ1) is 28.0. The van der Waals surface area contributed by atoms with Crippen molar-refractivity contribution < 1.29 is 9.59 Å². The van der Waals surface area contributed by atoms with Gasteiger partial charge in [-0.25, -0.2) is 9.59 Å². The van der Waals surface area contributed by atoms with Crippen molar-refractivity contribution in [3.63, 3.8) is 0 Å². The van der Waals surface area contributed by atoms with Gasteiger partial charge in [0.25, 0.3) is 0 Å². The smallest absolute Gasteiger partial charge is 0.345 e. The molecule has 302 valence electrons. The number of carbonyl (C=O) groups excluding carboxylic acids is 2. The number of fused-ring (bicyclic) bond motifs is 2. The number of anilines is 6. The van der Waals surface area contributed by atoms with Crippen LogP contribution in [0, 0.1) is 13.8 Å². The molecular formula is C42H40Cl6N8O2. The number of rotatable bonds is 14. The van der Waals surface area contributed by atoms with Gasteiger partial charge in [-0.2, -0.15) is 10.0 Å². The van der Waals surface area contributed by atoms with E-state index >= 15 is 9.59 Å². The second-order valence-corrected chi connectivity index (χ2v) is 15.6. The summed E-state index contributed by atoms with van der Waals surface area (Å²) < 4.78 is 0. The summed E-state index contributed by atoms with van der Waals surface area (Å²) in [6.07, 6.45) is 0. The zero-order valence-corrected chi connectivity index (χ0v) is 36.2. The Hall–Kier alpha value is -4.42. The van der Waals surface area contributed by atoms with Crippen molar-refractivity contribution in [2.45, 2.75) is 13.8 Å². The maximum atomic E-state index is 15.0. The highest BCUT2D eigenvalue weighted by Crippen LogP contribution is 2.33. The monoisotopic (exact) mass is 898 g/mol. The number of alkyl halides is 4. The number of pyridine rings is 2. The number of hydrogen-bond donors (Lipinski definition) is 2. The van der Waals surface area contributed by atoms with Crippen molar-refractivity contribution in [1.29, 1.82) is 0 Å². The third-order valence-electron chi connectivity index (χ3n) is 9.20. The zero-order valence-electron chi connectivity index (χ0n) is 31.7. The Kier molecular flexibility index (Phi) is 14.9. The number of nitrogens with one attached hydrogen (secondary N) is 2. The Morgan fingerprint density at radius 2 is 0.897 bits per heavy atom. The number of hydrogen-bond acceptors (Lipinski definition) is 6.